The third-order valence-corrected chi connectivity index (χ3v) is 2.51. The Morgan fingerprint density at radius 3 is 2.83 bits per heavy atom. The normalized spacial score (nSPS) is 10.2. The molecule has 0 radical (unpaired) electrons. The molecular weight excluding hydrogens is 256 g/mol. The lowest BCUT2D eigenvalue weighted by Gasteiger charge is -2.11. The molecule has 1 heterocycles. The van der Waals surface area contributed by atoms with Crippen LogP contribution >= 0.6 is 11.6 Å². The Morgan fingerprint density at radius 2 is 2.17 bits per heavy atom. The maximum atomic E-state index is 9.04. The van der Waals surface area contributed by atoms with E-state index in [-0.39, 0.29) is 12.5 Å². The molecule has 0 aliphatic carbocycles. The first-order valence-electron chi connectivity index (χ1n) is 5.15. The minimum atomic E-state index is -0.0646. The van der Waals surface area contributed by atoms with Gasteiger partial charge in [-0.1, -0.05) is 17.7 Å². The lowest BCUT2D eigenvalue weighted by Crippen LogP contribution is -1.94. The Labute approximate surface area is 109 Å². The van der Waals surface area contributed by atoms with Gasteiger partial charge in [-0.05, 0) is 17.7 Å². The Bertz CT molecular complexity index is 549. The van der Waals surface area contributed by atoms with Crippen molar-refractivity contribution in [3.63, 3.8) is 0 Å². The smallest absolute Gasteiger partial charge is 0.241 e. The second-order valence-corrected chi connectivity index (χ2v) is 3.83. The van der Waals surface area contributed by atoms with Crippen molar-refractivity contribution < 1.29 is 14.6 Å². The zero-order valence-corrected chi connectivity index (χ0v) is 10.4. The van der Waals surface area contributed by atoms with Crippen LogP contribution in [0.15, 0.2) is 30.7 Å². The SMILES string of the molecule is COc1cc(CO)ccc1Oc1ncncc1Cl. The van der Waals surface area contributed by atoms with Crippen molar-refractivity contribution in [2.75, 3.05) is 7.11 Å². The molecule has 0 amide bonds. The molecule has 18 heavy (non-hydrogen) atoms. The summed E-state index contributed by atoms with van der Waals surface area (Å²) in [6.45, 7) is -0.0646. The Kier molecular flexibility index (Phi) is 3.96. The third-order valence-electron chi connectivity index (χ3n) is 2.25. The quantitative estimate of drug-likeness (QED) is 0.921. The van der Waals surface area contributed by atoms with E-state index in [1.54, 1.807) is 18.2 Å². The first-order chi connectivity index (χ1) is 8.74. The minimum Gasteiger partial charge on any atom is -0.493 e. The topological polar surface area (TPSA) is 64.5 Å². The molecule has 2 rings (SSSR count). The molecule has 0 fully saturated rings. The van der Waals surface area contributed by atoms with E-state index in [4.69, 9.17) is 26.2 Å². The fourth-order valence-corrected chi connectivity index (χ4v) is 1.52. The number of hydrogen-bond acceptors (Lipinski definition) is 5. The Morgan fingerprint density at radius 1 is 1.33 bits per heavy atom. The lowest BCUT2D eigenvalue weighted by molar-refractivity contribution is 0.280. The molecule has 0 saturated heterocycles. The van der Waals surface area contributed by atoms with Crippen LogP contribution < -0.4 is 9.47 Å². The number of aromatic nitrogens is 2. The summed E-state index contributed by atoms with van der Waals surface area (Å²) < 4.78 is 10.7. The van der Waals surface area contributed by atoms with Crippen molar-refractivity contribution >= 4 is 11.6 Å². The molecular formula is C12H11ClN2O3. The molecule has 1 N–H and O–H groups in total. The molecule has 5 nitrogen and oxygen atoms in total. The Balaban J connectivity index is 2.32. The summed E-state index contributed by atoms with van der Waals surface area (Å²) in [6.07, 6.45) is 2.79. The van der Waals surface area contributed by atoms with Gasteiger partial charge in [-0.25, -0.2) is 9.97 Å². The summed E-state index contributed by atoms with van der Waals surface area (Å²) in [6, 6.07) is 5.10. The molecule has 0 bridgehead atoms. The summed E-state index contributed by atoms with van der Waals surface area (Å²) in [5, 5.41) is 9.36. The fourth-order valence-electron chi connectivity index (χ4n) is 1.38. The third kappa shape index (κ3) is 2.69. The van der Waals surface area contributed by atoms with Crippen LogP contribution in [0.1, 0.15) is 5.56 Å². The molecule has 94 valence electrons. The second kappa shape index (κ2) is 5.66. The summed E-state index contributed by atoms with van der Waals surface area (Å²) in [5.74, 6) is 1.22. The monoisotopic (exact) mass is 266 g/mol. The maximum Gasteiger partial charge on any atom is 0.241 e. The van der Waals surface area contributed by atoms with Crippen molar-refractivity contribution in [2.24, 2.45) is 0 Å². The molecule has 6 heteroatoms. The van der Waals surface area contributed by atoms with Crippen LogP contribution in [0.3, 0.4) is 0 Å². The van der Waals surface area contributed by atoms with Gasteiger partial charge in [-0.3, -0.25) is 0 Å². The van der Waals surface area contributed by atoms with Gasteiger partial charge in [0, 0.05) is 0 Å². The summed E-state index contributed by atoms with van der Waals surface area (Å²) in [4.78, 5) is 7.69. The highest BCUT2D eigenvalue weighted by molar-refractivity contribution is 6.31. The van der Waals surface area contributed by atoms with Crippen LogP contribution in [0, 0.1) is 0 Å². The lowest BCUT2D eigenvalue weighted by atomic mass is 10.2. The van der Waals surface area contributed by atoms with Crippen molar-refractivity contribution in [3.05, 3.63) is 41.3 Å². The van der Waals surface area contributed by atoms with Crippen LogP contribution in [0.2, 0.25) is 5.02 Å². The Hall–Kier alpha value is -1.85. The zero-order valence-electron chi connectivity index (χ0n) is 9.63. The van der Waals surface area contributed by atoms with E-state index in [0.717, 1.165) is 5.56 Å². The number of benzene rings is 1. The van der Waals surface area contributed by atoms with E-state index < -0.39 is 0 Å². The standard InChI is InChI=1S/C12H11ClN2O3/c1-17-11-4-8(6-16)2-3-10(11)18-12-9(13)5-14-7-15-12/h2-5,7,16H,6H2,1H3. The van der Waals surface area contributed by atoms with Crippen LogP contribution in [-0.2, 0) is 6.61 Å². The molecule has 0 saturated carbocycles. The van der Waals surface area contributed by atoms with Crippen molar-refractivity contribution in [3.8, 4) is 17.4 Å². The van der Waals surface area contributed by atoms with E-state index in [1.165, 1.54) is 19.6 Å². The average Bonchev–Trinajstić information content (AvgIpc) is 2.41. The van der Waals surface area contributed by atoms with Crippen LogP contribution in [-0.4, -0.2) is 22.2 Å². The van der Waals surface area contributed by atoms with Gasteiger partial charge in [-0.2, -0.15) is 0 Å². The van der Waals surface area contributed by atoms with E-state index >= 15 is 0 Å². The summed E-state index contributed by atoms with van der Waals surface area (Å²) >= 11 is 5.90. The van der Waals surface area contributed by atoms with Gasteiger partial charge < -0.3 is 14.6 Å². The first kappa shape index (κ1) is 12.6. The van der Waals surface area contributed by atoms with Gasteiger partial charge in [-0.15, -0.1) is 0 Å². The van der Waals surface area contributed by atoms with Gasteiger partial charge in [0.15, 0.2) is 11.5 Å². The van der Waals surface area contributed by atoms with E-state index in [9.17, 15) is 0 Å². The highest BCUT2D eigenvalue weighted by Crippen LogP contribution is 2.33. The number of aliphatic hydroxyl groups is 1. The number of nitrogens with zero attached hydrogens (tertiary/aromatic N) is 2. The predicted octanol–water partition coefficient (Wildman–Crippen LogP) is 2.42. The molecule has 0 unspecified atom stereocenters. The second-order valence-electron chi connectivity index (χ2n) is 3.42. The molecule has 0 aliphatic rings. The number of rotatable bonds is 4. The highest BCUT2D eigenvalue weighted by Gasteiger charge is 2.10. The molecule has 0 aliphatic heterocycles. The number of aliphatic hydroxyl groups excluding tert-OH is 1. The van der Waals surface area contributed by atoms with Gasteiger partial charge in [0.05, 0.1) is 19.9 Å². The van der Waals surface area contributed by atoms with Crippen molar-refractivity contribution in [1.82, 2.24) is 9.97 Å². The molecule has 2 aromatic rings. The van der Waals surface area contributed by atoms with Crippen LogP contribution in [0.5, 0.6) is 17.4 Å². The van der Waals surface area contributed by atoms with E-state index in [0.29, 0.717) is 16.5 Å². The van der Waals surface area contributed by atoms with Gasteiger partial charge in [0.2, 0.25) is 5.88 Å². The van der Waals surface area contributed by atoms with E-state index in [2.05, 4.69) is 9.97 Å². The molecule has 0 spiro atoms. The molecule has 1 aromatic heterocycles. The summed E-state index contributed by atoms with van der Waals surface area (Å²) in [5.41, 5.74) is 0.730. The van der Waals surface area contributed by atoms with Gasteiger partial charge >= 0.3 is 0 Å². The number of methoxy groups -OCH3 is 1. The molecule has 1 aromatic carbocycles. The van der Waals surface area contributed by atoms with Gasteiger partial charge in [0.25, 0.3) is 0 Å². The zero-order chi connectivity index (χ0) is 13.0. The predicted molar refractivity (Wildman–Crippen MR) is 66.0 cm³/mol. The molecule has 0 atom stereocenters. The van der Waals surface area contributed by atoms with Crippen LogP contribution in [0.25, 0.3) is 0 Å². The first-order valence-corrected chi connectivity index (χ1v) is 5.53. The van der Waals surface area contributed by atoms with E-state index in [1.807, 2.05) is 0 Å². The largest absolute Gasteiger partial charge is 0.493 e. The summed E-state index contributed by atoms with van der Waals surface area (Å²) in [7, 11) is 1.52. The number of hydrogen-bond donors (Lipinski definition) is 1. The maximum absolute atomic E-state index is 9.04. The van der Waals surface area contributed by atoms with Crippen LogP contribution in [0.4, 0.5) is 0 Å². The number of ether oxygens (including phenoxy) is 2. The average molecular weight is 267 g/mol. The minimum absolute atomic E-state index is 0.0646. The number of halogens is 1. The van der Waals surface area contributed by atoms with Gasteiger partial charge in [0.1, 0.15) is 11.3 Å². The van der Waals surface area contributed by atoms with Crippen molar-refractivity contribution in [2.45, 2.75) is 6.61 Å². The van der Waals surface area contributed by atoms with Crippen molar-refractivity contribution in [1.29, 1.82) is 0 Å². The highest BCUT2D eigenvalue weighted by atomic mass is 35.5. The fraction of sp³-hybridized carbons (Fsp3) is 0.167.